The van der Waals surface area contributed by atoms with Gasteiger partial charge < -0.3 is 19.7 Å². The molecule has 2 atom stereocenters. The number of alkyl halides is 3. The Kier molecular flexibility index (Phi) is 6.30. The first-order valence-corrected chi connectivity index (χ1v) is 9.98. The number of nitrogens with one attached hydrogen (secondary N) is 1. The van der Waals surface area contributed by atoms with Gasteiger partial charge in [0.1, 0.15) is 18.8 Å². The molecular formula is C21H19F3N6O4. The van der Waals surface area contributed by atoms with Crippen molar-refractivity contribution in [3.63, 3.8) is 0 Å². The summed E-state index contributed by atoms with van der Waals surface area (Å²) in [7, 11) is 1.53. The van der Waals surface area contributed by atoms with Crippen LogP contribution in [0.5, 0.6) is 0 Å². The number of hydrogen-bond acceptors (Lipinski definition) is 8. The fraction of sp³-hybridized carbons (Fsp3) is 0.286. The van der Waals surface area contributed by atoms with E-state index in [1.807, 2.05) is 5.32 Å². The van der Waals surface area contributed by atoms with Crippen LogP contribution in [0.3, 0.4) is 0 Å². The number of ether oxygens (including phenoxy) is 1. The molecule has 10 nitrogen and oxygen atoms in total. The van der Waals surface area contributed by atoms with Crippen LogP contribution in [0.4, 0.5) is 13.2 Å². The molecule has 4 aromatic rings. The van der Waals surface area contributed by atoms with Gasteiger partial charge in [0, 0.05) is 31.1 Å². The van der Waals surface area contributed by atoms with E-state index in [0.717, 1.165) is 13.1 Å². The van der Waals surface area contributed by atoms with Gasteiger partial charge in [-0.3, -0.25) is 14.2 Å². The van der Waals surface area contributed by atoms with Crippen LogP contribution in [0.1, 0.15) is 40.4 Å². The van der Waals surface area contributed by atoms with Crippen molar-refractivity contribution in [1.29, 1.82) is 0 Å². The Morgan fingerprint density at radius 3 is 2.74 bits per heavy atom. The zero-order valence-corrected chi connectivity index (χ0v) is 17.9. The number of amides is 1. The molecule has 13 heteroatoms. The lowest BCUT2D eigenvalue weighted by molar-refractivity contribution is -0.149. The summed E-state index contributed by atoms with van der Waals surface area (Å²) in [5.74, 6) is -0.0355. The Bertz CT molecular complexity index is 1300. The highest BCUT2D eigenvalue weighted by Gasteiger charge is 2.37. The van der Waals surface area contributed by atoms with Crippen LogP contribution in [0.25, 0.3) is 17.2 Å². The lowest BCUT2D eigenvalue weighted by Gasteiger charge is -2.17. The number of methoxy groups -OCH3 is 1. The van der Waals surface area contributed by atoms with E-state index in [9.17, 15) is 23.1 Å². The standard InChI is InChI=1S/C21H19F3N6O4/c1-11(21(22,23)24)26-20(32)12-3-5-15(25-8-12)18(31)13-4-6-17-27-28-19(30(17)9-13)16-7-14(10-33-2)34-29-16/h3-9,11,18,31H,10H2,1-2H3,(H,26,32). The number of pyridine rings is 2. The minimum absolute atomic E-state index is 0.0681. The van der Waals surface area contributed by atoms with Crippen LogP contribution in [0.2, 0.25) is 0 Å². The van der Waals surface area contributed by atoms with E-state index in [0.29, 0.717) is 28.5 Å². The fourth-order valence-corrected chi connectivity index (χ4v) is 3.11. The molecule has 2 unspecified atom stereocenters. The Labute approximate surface area is 190 Å². The summed E-state index contributed by atoms with van der Waals surface area (Å²) in [6.07, 6.45) is -3.04. The molecule has 4 rings (SSSR count). The normalized spacial score (nSPS) is 13.7. The fourth-order valence-electron chi connectivity index (χ4n) is 3.11. The molecule has 0 saturated heterocycles. The third-order valence-electron chi connectivity index (χ3n) is 4.98. The van der Waals surface area contributed by atoms with Crippen molar-refractivity contribution in [2.45, 2.75) is 31.9 Å². The van der Waals surface area contributed by atoms with E-state index in [1.54, 1.807) is 28.8 Å². The molecule has 4 heterocycles. The van der Waals surface area contributed by atoms with Gasteiger partial charge in [-0.2, -0.15) is 13.2 Å². The average molecular weight is 476 g/mol. The maximum Gasteiger partial charge on any atom is 0.408 e. The predicted octanol–water partition coefficient (Wildman–Crippen LogP) is 2.69. The van der Waals surface area contributed by atoms with Crippen LogP contribution in [-0.4, -0.2) is 55.1 Å². The number of hydrogen-bond donors (Lipinski definition) is 2. The Hall–Kier alpha value is -3.84. The molecule has 0 aliphatic rings. The topological polar surface area (TPSA) is 128 Å². The number of nitrogens with zero attached hydrogens (tertiary/aromatic N) is 5. The van der Waals surface area contributed by atoms with Gasteiger partial charge in [0.2, 0.25) is 0 Å². The first kappa shape index (κ1) is 23.3. The summed E-state index contributed by atoms with van der Waals surface area (Å²) in [6.45, 7) is 1.08. The van der Waals surface area contributed by atoms with Gasteiger partial charge in [0.15, 0.2) is 22.9 Å². The predicted molar refractivity (Wildman–Crippen MR) is 110 cm³/mol. The molecule has 0 aliphatic heterocycles. The maximum atomic E-state index is 12.7. The van der Waals surface area contributed by atoms with Gasteiger partial charge in [-0.05, 0) is 25.1 Å². The highest BCUT2D eigenvalue weighted by molar-refractivity contribution is 5.94. The number of carbonyl (C=O) groups is 1. The summed E-state index contributed by atoms with van der Waals surface area (Å²) in [4.78, 5) is 16.1. The molecule has 0 aromatic carbocycles. The van der Waals surface area contributed by atoms with Crippen LogP contribution in [-0.2, 0) is 11.3 Å². The van der Waals surface area contributed by atoms with Gasteiger partial charge in [-0.15, -0.1) is 10.2 Å². The molecule has 4 aromatic heterocycles. The highest BCUT2D eigenvalue weighted by Crippen LogP contribution is 2.25. The zero-order valence-electron chi connectivity index (χ0n) is 17.9. The average Bonchev–Trinajstić information content (AvgIpc) is 3.44. The first-order chi connectivity index (χ1) is 16.2. The third kappa shape index (κ3) is 4.75. The Morgan fingerprint density at radius 1 is 1.26 bits per heavy atom. The van der Waals surface area contributed by atoms with Crippen molar-refractivity contribution in [2.75, 3.05) is 7.11 Å². The SMILES string of the molecule is COCc1cc(-c2nnc3ccc(C(O)c4ccc(C(=O)NC(C)C(F)(F)F)cn4)cn23)no1. The third-order valence-corrected chi connectivity index (χ3v) is 4.98. The van der Waals surface area contributed by atoms with Gasteiger partial charge in [-0.1, -0.05) is 11.2 Å². The van der Waals surface area contributed by atoms with Gasteiger partial charge >= 0.3 is 6.18 Å². The largest absolute Gasteiger partial charge is 0.408 e. The van der Waals surface area contributed by atoms with Gasteiger partial charge in [-0.25, -0.2) is 0 Å². The lowest BCUT2D eigenvalue weighted by atomic mass is 10.1. The quantitative estimate of drug-likeness (QED) is 0.417. The van der Waals surface area contributed by atoms with Crippen LogP contribution in [0.15, 0.2) is 47.2 Å². The number of fused-ring (bicyclic) bond motifs is 1. The molecule has 2 N–H and O–H groups in total. The number of aromatic nitrogens is 5. The van der Waals surface area contributed by atoms with Crippen LogP contribution >= 0.6 is 0 Å². The van der Waals surface area contributed by atoms with E-state index in [2.05, 4.69) is 20.3 Å². The van der Waals surface area contributed by atoms with Crippen molar-refractivity contribution in [3.05, 3.63) is 65.3 Å². The van der Waals surface area contributed by atoms with Crippen molar-refractivity contribution in [1.82, 2.24) is 30.1 Å². The molecule has 0 fully saturated rings. The van der Waals surface area contributed by atoms with Crippen molar-refractivity contribution < 1.29 is 32.3 Å². The lowest BCUT2D eigenvalue weighted by Crippen LogP contribution is -2.43. The molecule has 178 valence electrons. The van der Waals surface area contributed by atoms with Crippen LogP contribution in [0, 0.1) is 0 Å². The summed E-state index contributed by atoms with van der Waals surface area (Å²) in [5, 5.41) is 24.8. The molecule has 0 saturated carbocycles. The van der Waals surface area contributed by atoms with Crippen molar-refractivity contribution >= 4 is 11.6 Å². The van der Waals surface area contributed by atoms with Crippen LogP contribution < -0.4 is 5.32 Å². The van der Waals surface area contributed by atoms with E-state index in [1.165, 1.54) is 19.2 Å². The van der Waals surface area contributed by atoms with E-state index >= 15 is 0 Å². The molecule has 34 heavy (non-hydrogen) atoms. The molecule has 0 bridgehead atoms. The monoisotopic (exact) mass is 476 g/mol. The minimum Gasteiger partial charge on any atom is -0.382 e. The van der Waals surface area contributed by atoms with Crippen molar-refractivity contribution in [2.24, 2.45) is 0 Å². The van der Waals surface area contributed by atoms with Crippen molar-refractivity contribution in [3.8, 4) is 11.5 Å². The number of halogens is 3. The summed E-state index contributed by atoms with van der Waals surface area (Å²) in [5.41, 5.74) is 1.48. The Morgan fingerprint density at radius 2 is 2.06 bits per heavy atom. The maximum absolute atomic E-state index is 12.7. The van der Waals surface area contributed by atoms with E-state index in [4.69, 9.17) is 9.26 Å². The molecule has 0 spiro atoms. The second-order valence-electron chi connectivity index (χ2n) is 7.44. The summed E-state index contributed by atoms with van der Waals surface area (Å²) >= 11 is 0. The smallest absolute Gasteiger partial charge is 0.382 e. The molecular weight excluding hydrogens is 457 g/mol. The number of carbonyl (C=O) groups excluding carboxylic acids is 1. The minimum atomic E-state index is -4.56. The summed E-state index contributed by atoms with van der Waals surface area (Å²) < 4.78 is 49.8. The molecule has 0 radical (unpaired) electrons. The highest BCUT2D eigenvalue weighted by atomic mass is 19.4. The first-order valence-electron chi connectivity index (χ1n) is 9.98. The number of rotatable bonds is 7. The second-order valence-corrected chi connectivity index (χ2v) is 7.44. The zero-order chi connectivity index (χ0) is 24.5. The summed E-state index contributed by atoms with van der Waals surface area (Å²) in [6, 6.07) is 5.58. The molecule has 0 aliphatic carbocycles. The molecule has 1 amide bonds. The van der Waals surface area contributed by atoms with Gasteiger partial charge in [0.05, 0.1) is 11.3 Å². The number of aliphatic hydroxyl groups is 1. The number of aliphatic hydroxyl groups excluding tert-OH is 1. The van der Waals surface area contributed by atoms with Gasteiger partial charge in [0.25, 0.3) is 5.91 Å². The van der Waals surface area contributed by atoms with E-state index in [-0.39, 0.29) is 17.9 Å². The second kappa shape index (κ2) is 9.19. The Balaban J connectivity index is 1.55. The van der Waals surface area contributed by atoms with E-state index < -0.39 is 24.2 Å².